The summed E-state index contributed by atoms with van der Waals surface area (Å²) in [7, 11) is 5.29. The number of nitrogens with zero attached hydrogens (tertiary/aromatic N) is 4. The zero-order valence-corrected chi connectivity index (χ0v) is 15.1. The second-order valence-corrected chi connectivity index (χ2v) is 6.32. The lowest BCUT2D eigenvalue weighted by Crippen LogP contribution is -2.13. The molecule has 7 nitrogen and oxygen atoms in total. The van der Waals surface area contributed by atoms with E-state index in [2.05, 4.69) is 15.5 Å². The lowest BCUT2D eigenvalue weighted by atomic mass is 10.1. The molecule has 0 atom stereocenters. The number of carbonyl (C=O) groups is 1. The van der Waals surface area contributed by atoms with E-state index in [1.807, 2.05) is 51.6 Å². The van der Waals surface area contributed by atoms with E-state index in [1.165, 1.54) is 0 Å². The summed E-state index contributed by atoms with van der Waals surface area (Å²) in [4.78, 5) is 12.9. The minimum atomic E-state index is -0.227. The van der Waals surface area contributed by atoms with E-state index < -0.39 is 0 Å². The zero-order valence-electron chi connectivity index (χ0n) is 15.1. The molecular formula is C19H19N5O2. The van der Waals surface area contributed by atoms with Crippen LogP contribution in [0.4, 0.5) is 5.69 Å². The first kappa shape index (κ1) is 16.1. The van der Waals surface area contributed by atoms with Crippen LogP contribution in [0.2, 0.25) is 0 Å². The van der Waals surface area contributed by atoms with Crippen molar-refractivity contribution < 1.29 is 9.53 Å². The molecule has 0 aliphatic heterocycles. The van der Waals surface area contributed by atoms with Gasteiger partial charge in [0, 0.05) is 42.8 Å². The average Bonchev–Trinajstić information content (AvgIpc) is 3.15. The molecule has 2 aromatic carbocycles. The smallest absolute Gasteiger partial charge is 0.258 e. The zero-order chi connectivity index (χ0) is 18.4. The number of amides is 1. The van der Waals surface area contributed by atoms with Gasteiger partial charge >= 0.3 is 0 Å². The Morgan fingerprint density at radius 1 is 1.08 bits per heavy atom. The quantitative estimate of drug-likeness (QED) is 0.617. The number of fused-ring (bicyclic) bond motifs is 2. The van der Waals surface area contributed by atoms with Crippen LogP contribution < -0.4 is 10.1 Å². The number of rotatable bonds is 3. The third-order valence-corrected chi connectivity index (χ3v) is 4.45. The van der Waals surface area contributed by atoms with Gasteiger partial charge in [-0.1, -0.05) is 12.1 Å². The van der Waals surface area contributed by atoms with Crippen LogP contribution in [-0.4, -0.2) is 32.6 Å². The van der Waals surface area contributed by atoms with Gasteiger partial charge in [0.1, 0.15) is 11.3 Å². The fourth-order valence-corrected chi connectivity index (χ4v) is 3.33. The summed E-state index contributed by atoms with van der Waals surface area (Å²) in [6.07, 6.45) is 3.80. The average molecular weight is 349 g/mol. The lowest BCUT2D eigenvalue weighted by molar-refractivity contribution is 0.102. The molecule has 0 unspecified atom stereocenters. The monoisotopic (exact) mass is 349 g/mol. The number of ether oxygens (including phenoxy) is 1. The van der Waals surface area contributed by atoms with Crippen molar-refractivity contribution in [1.29, 1.82) is 0 Å². The highest BCUT2D eigenvalue weighted by Gasteiger charge is 2.18. The maximum absolute atomic E-state index is 12.9. The molecule has 1 N–H and O–H groups in total. The van der Waals surface area contributed by atoms with E-state index in [1.54, 1.807) is 22.5 Å². The number of nitrogens with one attached hydrogen (secondary N) is 1. The maximum atomic E-state index is 12.9. The highest BCUT2D eigenvalue weighted by molar-refractivity contribution is 6.13. The Kier molecular flexibility index (Phi) is 3.64. The Morgan fingerprint density at radius 3 is 2.50 bits per heavy atom. The number of methoxy groups -OCH3 is 1. The lowest BCUT2D eigenvalue weighted by Gasteiger charge is -2.13. The van der Waals surface area contributed by atoms with Gasteiger partial charge in [0.05, 0.1) is 23.9 Å². The summed E-state index contributed by atoms with van der Waals surface area (Å²) < 4.78 is 8.99. The van der Waals surface area contributed by atoms with E-state index in [4.69, 9.17) is 4.74 Å². The Balaban J connectivity index is 1.79. The minimum absolute atomic E-state index is 0.227. The molecule has 0 saturated heterocycles. The minimum Gasteiger partial charge on any atom is -0.494 e. The van der Waals surface area contributed by atoms with Gasteiger partial charge in [-0.15, -0.1) is 0 Å². The van der Waals surface area contributed by atoms with Crippen molar-refractivity contribution in [1.82, 2.24) is 19.6 Å². The molecule has 0 spiro atoms. The van der Waals surface area contributed by atoms with Gasteiger partial charge < -0.3 is 10.1 Å². The second kappa shape index (κ2) is 5.87. The van der Waals surface area contributed by atoms with Crippen molar-refractivity contribution in [2.75, 3.05) is 12.4 Å². The number of carbonyl (C=O) groups excluding carboxylic acids is 1. The fraction of sp³-hybridized carbons (Fsp3) is 0.211. The third kappa shape index (κ3) is 2.48. The summed E-state index contributed by atoms with van der Waals surface area (Å²) in [5, 5.41) is 13.7. The first-order chi connectivity index (χ1) is 12.5. The van der Waals surface area contributed by atoms with Gasteiger partial charge in [-0.2, -0.15) is 10.2 Å². The van der Waals surface area contributed by atoms with Crippen LogP contribution in [0.5, 0.6) is 5.75 Å². The molecule has 0 bridgehead atoms. The standard InChI is InChI=1S/C19H19N5O2/c1-11-16-13(10-24(3)21-16)8-15(18(11)26-4)20-19(25)14-7-5-6-12-9-23(2)22-17(12)14/h5-10H,1-4H3,(H,20,25). The summed E-state index contributed by atoms with van der Waals surface area (Å²) in [6, 6.07) is 7.44. The maximum Gasteiger partial charge on any atom is 0.258 e. The Hall–Kier alpha value is -3.35. The SMILES string of the molecule is COc1c(NC(=O)c2cccc3cn(C)nc23)cc2cn(C)nc2c1C. The first-order valence-electron chi connectivity index (χ1n) is 8.22. The summed E-state index contributed by atoms with van der Waals surface area (Å²) in [6.45, 7) is 1.93. The molecule has 4 aromatic rings. The van der Waals surface area contributed by atoms with Crippen LogP contribution in [-0.2, 0) is 14.1 Å². The molecule has 4 rings (SSSR count). The first-order valence-corrected chi connectivity index (χ1v) is 8.22. The predicted octanol–water partition coefficient (Wildman–Crippen LogP) is 3.03. The molecule has 7 heteroatoms. The van der Waals surface area contributed by atoms with Crippen molar-refractivity contribution in [3.05, 3.63) is 47.8 Å². The largest absolute Gasteiger partial charge is 0.494 e. The van der Waals surface area contributed by atoms with Crippen LogP contribution in [0.25, 0.3) is 21.8 Å². The molecule has 0 fully saturated rings. The number of aryl methyl sites for hydroxylation is 3. The summed E-state index contributed by atoms with van der Waals surface area (Å²) >= 11 is 0. The van der Waals surface area contributed by atoms with Gasteiger partial charge in [-0.05, 0) is 19.1 Å². The van der Waals surface area contributed by atoms with Crippen LogP contribution >= 0.6 is 0 Å². The van der Waals surface area contributed by atoms with Crippen molar-refractivity contribution in [2.45, 2.75) is 6.92 Å². The number of aromatic nitrogens is 4. The van der Waals surface area contributed by atoms with E-state index >= 15 is 0 Å². The Labute approximate surface area is 150 Å². The van der Waals surface area contributed by atoms with Gasteiger partial charge in [0.15, 0.2) is 0 Å². The van der Waals surface area contributed by atoms with Crippen LogP contribution in [0.1, 0.15) is 15.9 Å². The van der Waals surface area contributed by atoms with Crippen LogP contribution in [0, 0.1) is 6.92 Å². The predicted molar refractivity (Wildman–Crippen MR) is 101 cm³/mol. The molecule has 2 aromatic heterocycles. The molecule has 0 radical (unpaired) electrons. The van der Waals surface area contributed by atoms with Crippen molar-refractivity contribution in [2.24, 2.45) is 14.1 Å². The number of benzene rings is 2. The van der Waals surface area contributed by atoms with Crippen molar-refractivity contribution in [3.63, 3.8) is 0 Å². The van der Waals surface area contributed by atoms with E-state index in [9.17, 15) is 4.79 Å². The van der Waals surface area contributed by atoms with Gasteiger partial charge in [-0.3, -0.25) is 14.2 Å². The molecule has 0 aliphatic carbocycles. The summed E-state index contributed by atoms with van der Waals surface area (Å²) in [5.74, 6) is 0.382. The molecule has 0 saturated carbocycles. The molecule has 1 amide bonds. The fourth-order valence-electron chi connectivity index (χ4n) is 3.33. The van der Waals surface area contributed by atoms with Crippen molar-refractivity contribution >= 4 is 33.4 Å². The van der Waals surface area contributed by atoms with Crippen LogP contribution in [0.15, 0.2) is 36.7 Å². The van der Waals surface area contributed by atoms with Crippen LogP contribution in [0.3, 0.4) is 0 Å². The summed E-state index contributed by atoms with van der Waals surface area (Å²) in [5.41, 5.74) is 3.55. The molecule has 26 heavy (non-hydrogen) atoms. The van der Waals surface area contributed by atoms with Gasteiger partial charge in [0.25, 0.3) is 5.91 Å². The Morgan fingerprint density at radius 2 is 1.77 bits per heavy atom. The number of hydrogen-bond donors (Lipinski definition) is 1. The van der Waals surface area contributed by atoms with E-state index in [-0.39, 0.29) is 5.91 Å². The Bertz CT molecular complexity index is 1160. The second-order valence-electron chi connectivity index (χ2n) is 6.32. The van der Waals surface area contributed by atoms with Gasteiger partial charge in [-0.25, -0.2) is 0 Å². The topological polar surface area (TPSA) is 74.0 Å². The number of anilines is 1. The van der Waals surface area contributed by atoms with E-state index in [0.29, 0.717) is 22.5 Å². The van der Waals surface area contributed by atoms with E-state index in [0.717, 1.165) is 21.9 Å². The molecule has 0 aliphatic rings. The van der Waals surface area contributed by atoms with Gasteiger partial charge in [0.2, 0.25) is 0 Å². The molecule has 132 valence electrons. The highest BCUT2D eigenvalue weighted by atomic mass is 16.5. The number of hydrogen-bond acceptors (Lipinski definition) is 4. The normalized spacial score (nSPS) is 11.2. The molecular weight excluding hydrogens is 330 g/mol. The molecule has 2 heterocycles. The van der Waals surface area contributed by atoms with Crippen molar-refractivity contribution in [3.8, 4) is 5.75 Å². The highest BCUT2D eigenvalue weighted by Crippen LogP contribution is 2.35. The third-order valence-electron chi connectivity index (χ3n) is 4.45.